The van der Waals surface area contributed by atoms with Crippen molar-refractivity contribution >= 4 is 30.6 Å². The van der Waals surface area contributed by atoms with Crippen molar-refractivity contribution in [2.45, 2.75) is 96.8 Å². The van der Waals surface area contributed by atoms with Crippen molar-refractivity contribution in [3.63, 3.8) is 0 Å². The van der Waals surface area contributed by atoms with Gasteiger partial charge in [0.25, 0.3) is 0 Å². The van der Waals surface area contributed by atoms with E-state index in [0.29, 0.717) is 31.4 Å². The van der Waals surface area contributed by atoms with E-state index in [0.717, 1.165) is 46.4 Å². The summed E-state index contributed by atoms with van der Waals surface area (Å²) in [7, 11) is -0.282. The third kappa shape index (κ3) is 8.75. The number of aromatic nitrogens is 4. The monoisotopic (exact) mass is 665 g/mol. The van der Waals surface area contributed by atoms with Crippen molar-refractivity contribution in [3.8, 4) is 22.8 Å². The second-order valence-electron chi connectivity index (χ2n) is 14.1. The van der Waals surface area contributed by atoms with E-state index in [4.69, 9.17) is 29.0 Å². The fourth-order valence-electron chi connectivity index (χ4n) is 4.58. The molecule has 0 aliphatic carbocycles. The summed E-state index contributed by atoms with van der Waals surface area (Å²) in [5.74, 6) is 1.39. The van der Waals surface area contributed by atoms with Crippen LogP contribution in [0.4, 0.5) is 0 Å². The molecule has 0 radical (unpaired) electrons. The molecule has 4 rings (SSSR count). The van der Waals surface area contributed by atoms with Gasteiger partial charge in [-0.3, -0.25) is 4.98 Å². The maximum Gasteiger partial charge on any atom is 0.192 e. The molecule has 0 saturated carbocycles. The van der Waals surface area contributed by atoms with Crippen LogP contribution in [0.2, 0.25) is 18.1 Å². The highest BCUT2D eigenvalue weighted by atomic mass is 32.2. The molecule has 3 aromatic heterocycles. The fourth-order valence-corrected chi connectivity index (χ4v) is 6.38. The molecule has 0 aliphatic rings. The van der Waals surface area contributed by atoms with Crippen LogP contribution in [0, 0.1) is 0 Å². The highest BCUT2D eigenvalue weighted by Gasteiger charge is 2.37. The minimum atomic E-state index is -1.94. The number of hydrogen-bond donors (Lipinski definition) is 1. The van der Waals surface area contributed by atoms with Crippen LogP contribution in [-0.2, 0) is 27.1 Å². The lowest BCUT2D eigenvalue weighted by Crippen LogP contribution is -2.41. The predicted octanol–water partition coefficient (Wildman–Crippen LogP) is 7.92. The van der Waals surface area contributed by atoms with Crippen molar-refractivity contribution in [3.05, 3.63) is 66.1 Å². The summed E-state index contributed by atoms with van der Waals surface area (Å²) in [5.41, 5.74) is 4.23. The molecule has 11 heteroatoms. The first kappa shape index (κ1) is 36.0. The second kappa shape index (κ2) is 15.0. The molecular formula is C35H51N5O4SSi. The van der Waals surface area contributed by atoms with Gasteiger partial charge in [-0.2, -0.15) is 5.10 Å². The van der Waals surface area contributed by atoms with Gasteiger partial charge < -0.3 is 18.5 Å². The van der Waals surface area contributed by atoms with Gasteiger partial charge in [-0.15, -0.1) is 4.72 Å². The van der Waals surface area contributed by atoms with Gasteiger partial charge in [-0.25, -0.2) is 9.67 Å². The zero-order chi connectivity index (χ0) is 33.7. The highest BCUT2D eigenvalue weighted by Crippen LogP contribution is 2.37. The van der Waals surface area contributed by atoms with Gasteiger partial charge in [-0.05, 0) is 81.7 Å². The largest absolute Gasteiger partial charge is 0.598 e. The first-order chi connectivity index (χ1) is 21.6. The maximum atomic E-state index is 13.0. The normalized spacial score (nSPS) is 14.1. The maximum absolute atomic E-state index is 13.0. The zero-order valence-electron chi connectivity index (χ0n) is 29.1. The van der Waals surface area contributed by atoms with Crippen LogP contribution in [0.15, 0.2) is 54.7 Å². The van der Waals surface area contributed by atoms with E-state index in [1.807, 2.05) is 74.1 Å². The van der Waals surface area contributed by atoms with Crippen LogP contribution >= 0.6 is 0 Å². The summed E-state index contributed by atoms with van der Waals surface area (Å²) in [6.07, 6.45) is 3.56. The molecule has 4 aromatic rings. The lowest BCUT2D eigenvalue weighted by molar-refractivity contribution is 0.147. The zero-order valence-corrected chi connectivity index (χ0v) is 31.0. The number of nitrogens with one attached hydrogen (secondary N) is 1. The van der Waals surface area contributed by atoms with Gasteiger partial charge in [0.15, 0.2) is 14.1 Å². The third-order valence-corrected chi connectivity index (χ3v) is 14.5. The Morgan fingerprint density at radius 1 is 1.00 bits per heavy atom. The molecule has 1 aromatic carbocycles. The van der Waals surface area contributed by atoms with Gasteiger partial charge >= 0.3 is 0 Å². The Labute approximate surface area is 278 Å². The summed E-state index contributed by atoms with van der Waals surface area (Å²) >= 11 is -1.23. The number of ether oxygens (including phenoxy) is 2. The molecule has 3 heterocycles. The lowest BCUT2D eigenvalue weighted by Gasteiger charge is -2.36. The van der Waals surface area contributed by atoms with E-state index in [-0.39, 0.29) is 15.8 Å². The fraction of sp³-hybridized carbons (Fsp3) is 0.514. The Morgan fingerprint density at radius 3 is 2.41 bits per heavy atom. The first-order valence-corrected chi connectivity index (χ1v) is 20.1. The van der Waals surface area contributed by atoms with Crippen LogP contribution in [-0.4, -0.2) is 57.7 Å². The minimum absolute atomic E-state index is 0.111. The van der Waals surface area contributed by atoms with E-state index in [1.165, 1.54) is 0 Å². The molecule has 0 aliphatic heterocycles. The second-order valence-corrected chi connectivity index (χ2v) is 20.9. The third-order valence-electron chi connectivity index (χ3n) is 8.40. The van der Waals surface area contributed by atoms with Crippen molar-refractivity contribution in [1.82, 2.24) is 24.5 Å². The standard InChI is InChI=1S/C35H51N5O4SSi/c1-11-14-30(39-45(41)34(2,3)4)29-17-13-16-28(38-29)25-21-31-27(32(22-25)43-20-19-42-8)23-36-40(31)33-18-12-15-26(37-33)24-44-46(9,10)35(5,6)7/h12-13,15-18,21-23,30,39H,11,14,19-20,24H2,1-10H3/t30-,45?/m0/s1. The van der Waals surface area contributed by atoms with Crippen LogP contribution in [0.1, 0.15) is 78.7 Å². The number of methoxy groups -OCH3 is 1. The van der Waals surface area contributed by atoms with E-state index in [9.17, 15) is 4.55 Å². The molecule has 1 N–H and O–H groups in total. The van der Waals surface area contributed by atoms with Crippen LogP contribution in [0.3, 0.4) is 0 Å². The number of fused-ring (bicyclic) bond motifs is 1. The van der Waals surface area contributed by atoms with Gasteiger partial charge in [0.05, 0.1) is 53.4 Å². The Hall–Kier alpha value is -2.80. The number of benzene rings is 1. The van der Waals surface area contributed by atoms with Gasteiger partial charge in [0, 0.05) is 24.0 Å². The summed E-state index contributed by atoms with van der Waals surface area (Å²) in [6, 6.07) is 15.9. The molecule has 0 fully saturated rings. The quantitative estimate of drug-likeness (QED) is 0.0823. The van der Waals surface area contributed by atoms with Crippen molar-refractivity contribution in [1.29, 1.82) is 0 Å². The molecule has 9 nitrogen and oxygen atoms in total. The Kier molecular flexibility index (Phi) is 11.7. The molecular weight excluding hydrogens is 615 g/mol. The lowest BCUT2D eigenvalue weighted by atomic mass is 10.1. The number of rotatable bonds is 14. The van der Waals surface area contributed by atoms with Crippen LogP contribution < -0.4 is 9.46 Å². The van der Waals surface area contributed by atoms with Crippen molar-refractivity contribution < 1.29 is 18.5 Å². The van der Waals surface area contributed by atoms with E-state index in [2.05, 4.69) is 51.6 Å². The Balaban J connectivity index is 1.75. The summed E-state index contributed by atoms with van der Waals surface area (Å²) < 4.78 is 35.7. The van der Waals surface area contributed by atoms with E-state index in [1.54, 1.807) is 7.11 Å². The van der Waals surface area contributed by atoms with Crippen molar-refractivity contribution in [2.24, 2.45) is 0 Å². The Bertz CT molecular complexity index is 1600. The van der Waals surface area contributed by atoms with Gasteiger partial charge in [0.2, 0.25) is 0 Å². The SMILES string of the molecule is CCC[C@H](N[S+]([O-])C(C)(C)C)c1cccc(-c2cc(OCCOC)c3cnn(-c4cccc(CO[Si](C)(C)C(C)(C)C)n4)c3c2)n1. The summed E-state index contributed by atoms with van der Waals surface area (Å²) in [4.78, 5) is 10.0. The molecule has 2 atom stereocenters. The Morgan fingerprint density at radius 2 is 1.74 bits per heavy atom. The molecule has 0 spiro atoms. The van der Waals surface area contributed by atoms with E-state index < -0.39 is 19.7 Å². The molecule has 1 unspecified atom stereocenters. The molecule has 0 amide bonds. The number of hydrogen-bond acceptors (Lipinski definition) is 8. The number of pyridine rings is 2. The predicted molar refractivity (Wildman–Crippen MR) is 190 cm³/mol. The molecule has 46 heavy (non-hydrogen) atoms. The average Bonchev–Trinajstić information content (AvgIpc) is 3.43. The topological polar surface area (TPSA) is 106 Å². The molecule has 250 valence electrons. The van der Waals surface area contributed by atoms with Gasteiger partial charge in [0.1, 0.15) is 17.1 Å². The molecule has 0 bridgehead atoms. The van der Waals surface area contributed by atoms with Crippen molar-refractivity contribution in [2.75, 3.05) is 20.3 Å². The smallest absolute Gasteiger partial charge is 0.192 e. The van der Waals surface area contributed by atoms with E-state index >= 15 is 0 Å². The average molecular weight is 666 g/mol. The summed E-state index contributed by atoms with van der Waals surface area (Å²) in [6.45, 7) is 20.5. The summed E-state index contributed by atoms with van der Waals surface area (Å²) in [5, 5.41) is 5.73. The highest BCUT2D eigenvalue weighted by molar-refractivity contribution is 7.90. The molecule has 0 saturated heterocycles. The van der Waals surface area contributed by atoms with Crippen LogP contribution in [0.5, 0.6) is 5.75 Å². The number of nitrogens with zero attached hydrogens (tertiary/aromatic N) is 4. The van der Waals surface area contributed by atoms with Crippen LogP contribution in [0.25, 0.3) is 28.0 Å². The first-order valence-electron chi connectivity index (χ1n) is 16.0. The van der Waals surface area contributed by atoms with Gasteiger partial charge in [-0.1, -0.05) is 46.2 Å². The minimum Gasteiger partial charge on any atom is -0.598 e.